The summed E-state index contributed by atoms with van der Waals surface area (Å²) >= 11 is 5.43. The molecule has 1 heterocycles. The molecule has 1 aromatic heterocycles. The highest BCUT2D eigenvalue weighted by molar-refractivity contribution is 7.71. The van der Waals surface area contributed by atoms with Crippen molar-refractivity contribution < 1.29 is 9.53 Å². The number of ketones is 1. The van der Waals surface area contributed by atoms with Crippen molar-refractivity contribution >= 4 is 29.6 Å². The highest BCUT2D eigenvalue weighted by Crippen LogP contribution is 2.17. The number of ether oxygens (including phenoxy) is 1. The number of rotatable bonds is 6. The summed E-state index contributed by atoms with van der Waals surface area (Å²) in [7, 11) is 1.60. The summed E-state index contributed by atoms with van der Waals surface area (Å²) in [5, 5.41) is 4.20. The Balaban J connectivity index is 1.83. The molecule has 2 aromatic carbocycles. The van der Waals surface area contributed by atoms with Gasteiger partial charge in [0.2, 0.25) is 10.7 Å². The Morgan fingerprint density at radius 2 is 1.93 bits per heavy atom. The molecule has 3 N–H and O–H groups in total. The lowest BCUT2D eigenvalue weighted by atomic mass is 10.0. The van der Waals surface area contributed by atoms with Gasteiger partial charge in [-0.25, -0.2) is 4.68 Å². The summed E-state index contributed by atoms with van der Waals surface area (Å²) in [6.45, 7) is 3.92. The zero-order valence-corrected chi connectivity index (χ0v) is 16.2. The molecule has 140 valence electrons. The number of aryl methyl sites for hydroxylation is 1. The normalized spacial score (nSPS) is 10.6. The highest BCUT2D eigenvalue weighted by atomic mass is 32.1. The number of methoxy groups -OCH3 is 1. The van der Waals surface area contributed by atoms with Crippen molar-refractivity contribution in [1.29, 1.82) is 0 Å². The Morgan fingerprint density at radius 3 is 2.59 bits per heavy atom. The number of nitrogens with two attached hydrogens (primary N) is 1. The van der Waals surface area contributed by atoms with Crippen LogP contribution in [0.4, 0.5) is 11.6 Å². The average Bonchev–Trinajstić information content (AvgIpc) is 2.92. The van der Waals surface area contributed by atoms with Gasteiger partial charge in [-0.2, -0.15) is 4.68 Å². The molecule has 0 spiro atoms. The zero-order chi connectivity index (χ0) is 19.6. The monoisotopic (exact) mass is 383 g/mol. The van der Waals surface area contributed by atoms with Gasteiger partial charge >= 0.3 is 0 Å². The minimum absolute atomic E-state index is 0.0185. The van der Waals surface area contributed by atoms with Gasteiger partial charge in [0.05, 0.1) is 12.8 Å². The number of carbonyl (C=O) groups excluding carboxylic acids is 1. The van der Waals surface area contributed by atoms with Crippen molar-refractivity contribution in [3.8, 4) is 5.75 Å². The molecule has 0 amide bonds. The molecular formula is C19H21N5O2S. The first-order valence-corrected chi connectivity index (χ1v) is 8.77. The minimum atomic E-state index is -0.0682. The molecule has 0 radical (unpaired) electrons. The zero-order valence-electron chi connectivity index (χ0n) is 15.4. The van der Waals surface area contributed by atoms with E-state index in [-0.39, 0.29) is 18.3 Å². The maximum Gasteiger partial charge on any atom is 0.240 e. The first-order chi connectivity index (χ1) is 12.9. The van der Waals surface area contributed by atoms with Crippen molar-refractivity contribution in [2.45, 2.75) is 20.4 Å². The fraction of sp³-hybridized carbons (Fsp3) is 0.211. The van der Waals surface area contributed by atoms with Crippen LogP contribution in [0, 0.1) is 18.6 Å². The van der Waals surface area contributed by atoms with E-state index < -0.39 is 0 Å². The number of nitrogen functional groups attached to an aromatic ring is 1. The van der Waals surface area contributed by atoms with Crippen LogP contribution >= 0.6 is 12.2 Å². The van der Waals surface area contributed by atoms with Crippen molar-refractivity contribution in [3.05, 3.63) is 63.9 Å². The van der Waals surface area contributed by atoms with Crippen molar-refractivity contribution in [2.75, 3.05) is 18.3 Å². The van der Waals surface area contributed by atoms with Crippen LogP contribution in [-0.2, 0) is 6.54 Å². The van der Waals surface area contributed by atoms with E-state index in [4.69, 9.17) is 22.7 Å². The lowest BCUT2D eigenvalue weighted by Crippen LogP contribution is -2.15. The van der Waals surface area contributed by atoms with E-state index in [1.54, 1.807) is 7.11 Å². The Morgan fingerprint density at radius 1 is 1.22 bits per heavy atom. The van der Waals surface area contributed by atoms with E-state index in [0.717, 1.165) is 22.6 Å². The van der Waals surface area contributed by atoms with Crippen LogP contribution in [0.5, 0.6) is 5.75 Å². The Bertz CT molecular complexity index is 1040. The van der Waals surface area contributed by atoms with Crippen LogP contribution in [0.3, 0.4) is 0 Å². The van der Waals surface area contributed by atoms with E-state index in [0.29, 0.717) is 10.3 Å². The van der Waals surface area contributed by atoms with Gasteiger partial charge in [0.25, 0.3) is 0 Å². The second-order valence-corrected chi connectivity index (χ2v) is 6.51. The third-order valence-corrected chi connectivity index (χ3v) is 4.79. The Kier molecular flexibility index (Phi) is 5.27. The van der Waals surface area contributed by atoms with Gasteiger partial charge in [-0.05, 0) is 61.5 Å². The Labute approximate surface area is 162 Å². The van der Waals surface area contributed by atoms with Gasteiger partial charge < -0.3 is 10.5 Å². The second-order valence-electron chi connectivity index (χ2n) is 6.14. The standard InChI is InChI=1S/C19H21N5O2S/c1-12-5-4-6-16(13(12)2)17(25)11-23-19(27)24(18(20)22-23)21-14-7-9-15(26-3)10-8-14/h4-10,21H,11H2,1-3H3,(H2,20,22). The maximum absolute atomic E-state index is 12.7. The lowest BCUT2D eigenvalue weighted by molar-refractivity contribution is 0.0966. The third-order valence-electron chi connectivity index (χ3n) is 4.39. The van der Waals surface area contributed by atoms with Crippen LogP contribution in [0.1, 0.15) is 21.5 Å². The average molecular weight is 383 g/mol. The molecule has 0 unspecified atom stereocenters. The fourth-order valence-corrected chi connectivity index (χ4v) is 2.95. The summed E-state index contributed by atoms with van der Waals surface area (Å²) in [5.74, 6) is 0.845. The number of Topliss-reactive ketones (excluding diaryl/α,β-unsaturated/α-hetero) is 1. The molecule has 0 bridgehead atoms. The number of hydrogen-bond acceptors (Lipinski definition) is 6. The number of anilines is 2. The molecule has 0 aliphatic rings. The molecule has 8 heteroatoms. The number of hydrogen-bond donors (Lipinski definition) is 2. The largest absolute Gasteiger partial charge is 0.497 e. The van der Waals surface area contributed by atoms with Crippen molar-refractivity contribution in [2.24, 2.45) is 0 Å². The molecular weight excluding hydrogens is 362 g/mol. The molecule has 7 nitrogen and oxygen atoms in total. The van der Waals surface area contributed by atoms with Crippen LogP contribution in [0.15, 0.2) is 42.5 Å². The van der Waals surface area contributed by atoms with Gasteiger partial charge in [-0.15, -0.1) is 5.10 Å². The molecule has 3 aromatic rings. The topological polar surface area (TPSA) is 87.1 Å². The molecule has 0 aliphatic carbocycles. The van der Waals surface area contributed by atoms with Crippen LogP contribution < -0.4 is 15.9 Å². The minimum Gasteiger partial charge on any atom is -0.497 e. The first kappa shape index (κ1) is 18.7. The number of carbonyl (C=O) groups is 1. The number of nitrogens with one attached hydrogen (secondary N) is 1. The van der Waals surface area contributed by atoms with E-state index in [1.807, 2.05) is 56.3 Å². The van der Waals surface area contributed by atoms with Crippen molar-refractivity contribution in [3.63, 3.8) is 0 Å². The summed E-state index contributed by atoms with van der Waals surface area (Å²) in [6, 6.07) is 12.9. The quantitative estimate of drug-likeness (QED) is 0.501. The smallest absolute Gasteiger partial charge is 0.240 e. The van der Waals surface area contributed by atoms with Gasteiger partial charge in [0.1, 0.15) is 12.3 Å². The first-order valence-electron chi connectivity index (χ1n) is 8.36. The van der Waals surface area contributed by atoms with Gasteiger partial charge in [0.15, 0.2) is 5.78 Å². The third kappa shape index (κ3) is 3.85. The molecule has 3 rings (SSSR count). The Hall–Kier alpha value is -3.13. The van der Waals surface area contributed by atoms with Crippen LogP contribution in [0.2, 0.25) is 0 Å². The second kappa shape index (κ2) is 7.63. The molecule has 27 heavy (non-hydrogen) atoms. The summed E-state index contributed by atoms with van der Waals surface area (Å²) in [6.07, 6.45) is 0. The number of benzene rings is 2. The number of nitrogens with zero attached hydrogens (tertiary/aromatic N) is 3. The molecule has 0 fully saturated rings. The summed E-state index contributed by atoms with van der Waals surface area (Å²) in [4.78, 5) is 12.7. The van der Waals surface area contributed by atoms with Gasteiger partial charge in [-0.1, -0.05) is 18.2 Å². The summed E-state index contributed by atoms with van der Waals surface area (Å²) < 4.78 is 8.34. The van der Waals surface area contributed by atoms with Crippen molar-refractivity contribution in [1.82, 2.24) is 14.5 Å². The van der Waals surface area contributed by atoms with Gasteiger partial charge in [-0.3, -0.25) is 10.2 Å². The fourth-order valence-electron chi connectivity index (χ4n) is 2.70. The molecule has 0 saturated heterocycles. The van der Waals surface area contributed by atoms with E-state index >= 15 is 0 Å². The predicted octanol–water partition coefficient (Wildman–Crippen LogP) is 3.38. The van der Waals surface area contributed by atoms with Crippen LogP contribution in [0.25, 0.3) is 0 Å². The molecule has 0 saturated carbocycles. The summed E-state index contributed by atoms with van der Waals surface area (Å²) in [5.41, 5.74) is 12.5. The predicted molar refractivity (Wildman–Crippen MR) is 108 cm³/mol. The van der Waals surface area contributed by atoms with E-state index in [2.05, 4.69) is 10.5 Å². The van der Waals surface area contributed by atoms with E-state index in [9.17, 15) is 4.79 Å². The van der Waals surface area contributed by atoms with Crippen LogP contribution in [-0.4, -0.2) is 27.3 Å². The van der Waals surface area contributed by atoms with E-state index in [1.165, 1.54) is 9.36 Å². The highest BCUT2D eigenvalue weighted by Gasteiger charge is 2.15. The number of aromatic nitrogens is 3. The SMILES string of the molecule is COc1ccc(Nn2c(N)nn(CC(=O)c3cccc(C)c3C)c2=S)cc1. The lowest BCUT2D eigenvalue weighted by Gasteiger charge is -2.09. The van der Waals surface area contributed by atoms with Gasteiger partial charge in [0, 0.05) is 5.56 Å². The molecule has 0 aliphatic heterocycles. The maximum atomic E-state index is 12.7. The molecule has 0 atom stereocenters.